The van der Waals surface area contributed by atoms with Crippen molar-refractivity contribution in [3.8, 4) is 17.2 Å². The Hall–Kier alpha value is -3.02. The Morgan fingerprint density at radius 1 is 1.00 bits per heavy atom. The van der Waals surface area contributed by atoms with E-state index in [0.717, 1.165) is 5.56 Å². The van der Waals surface area contributed by atoms with Gasteiger partial charge >= 0.3 is 5.97 Å². The minimum absolute atomic E-state index is 0.0331. The highest BCUT2D eigenvalue weighted by atomic mass is 16.6. The lowest BCUT2D eigenvalue weighted by molar-refractivity contribution is 0.0444. The number of aldehydes is 1. The summed E-state index contributed by atoms with van der Waals surface area (Å²) in [5, 5.41) is 0. The van der Waals surface area contributed by atoms with Crippen LogP contribution < -0.4 is 14.2 Å². The maximum absolute atomic E-state index is 12.4. The third kappa shape index (κ3) is 4.50. The maximum Gasteiger partial charge on any atom is 0.342 e. The van der Waals surface area contributed by atoms with Gasteiger partial charge in [-0.15, -0.1) is 0 Å². The molecule has 0 amide bonds. The van der Waals surface area contributed by atoms with Crippen LogP contribution in [0, 0.1) is 6.92 Å². The molecule has 0 bridgehead atoms. The summed E-state index contributed by atoms with van der Waals surface area (Å²) in [7, 11) is 2.84. The van der Waals surface area contributed by atoms with Crippen LogP contribution in [0.15, 0.2) is 36.4 Å². The van der Waals surface area contributed by atoms with Gasteiger partial charge in [0, 0.05) is 5.56 Å². The lowest BCUT2D eigenvalue weighted by Crippen LogP contribution is -2.15. The van der Waals surface area contributed by atoms with Crippen LogP contribution in [0.5, 0.6) is 17.2 Å². The Kier molecular flexibility index (Phi) is 6.39. The summed E-state index contributed by atoms with van der Waals surface area (Å²) in [5.74, 6) is 0.520. The lowest BCUT2D eigenvalue weighted by atomic mass is 10.1. The lowest BCUT2D eigenvalue weighted by Gasteiger charge is -2.14. The fraction of sp³-hybridized carbons (Fsp3) is 0.263. The van der Waals surface area contributed by atoms with Crippen LogP contribution in [-0.2, 0) is 4.74 Å². The van der Waals surface area contributed by atoms with Crippen molar-refractivity contribution in [1.29, 1.82) is 0 Å². The molecule has 0 aliphatic carbocycles. The average molecular weight is 344 g/mol. The Balaban J connectivity index is 2.02. The van der Waals surface area contributed by atoms with E-state index >= 15 is 0 Å². The summed E-state index contributed by atoms with van der Waals surface area (Å²) in [6.45, 7) is 2.21. The highest BCUT2D eigenvalue weighted by Gasteiger charge is 2.22. The van der Waals surface area contributed by atoms with Crippen molar-refractivity contribution in [2.75, 3.05) is 27.4 Å². The van der Waals surface area contributed by atoms with E-state index in [1.165, 1.54) is 20.3 Å². The maximum atomic E-state index is 12.4. The molecular weight excluding hydrogens is 324 g/mol. The van der Waals surface area contributed by atoms with E-state index in [1.807, 2.05) is 31.2 Å². The zero-order valence-corrected chi connectivity index (χ0v) is 14.4. The van der Waals surface area contributed by atoms with E-state index < -0.39 is 5.97 Å². The predicted molar refractivity (Wildman–Crippen MR) is 91.9 cm³/mol. The molecule has 0 fully saturated rings. The van der Waals surface area contributed by atoms with Crippen LogP contribution in [0.1, 0.15) is 26.3 Å². The molecule has 0 N–H and O–H groups in total. The van der Waals surface area contributed by atoms with Gasteiger partial charge in [-0.05, 0) is 31.2 Å². The first-order chi connectivity index (χ1) is 12.1. The summed E-state index contributed by atoms with van der Waals surface area (Å²) < 4.78 is 21.1. The zero-order chi connectivity index (χ0) is 18.2. The van der Waals surface area contributed by atoms with E-state index in [9.17, 15) is 9.59 Å². The molecule has 0 aromatic heterocycles. The molecular formula is C19H20O6. The minimum atomic E-state index is -0.676. The molecule has 0 radical (unpaired) electrons. The van der Waals surface area contributed by atoms with Crippen LogP contribution >= 0.6 is 0 Å². The predicted octanol–water partition coefficient (Wildman–Crippen LogP) is 3.06. The Morgan fingerprint density at radius 3 is 2.32 bits per heavy atom. The SMILES string of the molecule is COc1ccc(C=O)c(C(=O)OCCOc2ccc(C)cc2)c1OC. The molecule has 0 saturated heterocycles. The van der Waals surface area contributed by atoms with E-state index in [0.29, 0.717) is 17.8 Å². The third-order valence-corrected chi connectivity index (χ3v) is 3.52. The number of benzene rings is 2. The number of hydrogen-bond acceptors (Lipinski definition) is 6. The van der Waals surface area contributed by atoms with Gasteiger partial charge in [-0.1, -0.05) is 17.7 Å². The normalized spacial score (nSPS) is 10.0. The quantitative estimate of drug-likeness (QED) is 0.416. The largest absolute Gasteiger partial charge is 0.493 e. The molecule has 2 aromatic rings. The van der Waals surface area contributed by atoms with Gasteiger partial charge in [0.15, 0.2) is 17.8 Å². The second-order valence-corrected chi connectivity index (χ2v) is 5.18. The molecule has 0 unspecified atom stereocenters. The first kappa shape index (κ1) is 18.3. The van der Waals surface area contributed by atoms with Gasteiger partial charge in [0.1, 0.15) is 24.5 Å². The molecule has 2 rings (SSSR count). The molecule has 2 aromatic carbocycles. The number of ether oxygens (including phenoxy) is 4. The fourth-order valence-corrected chi connectivity index (χ4v) is 2.25. The molecule has 6 nitrogen and oxygen atoms in total. The van der Waals surface area contributed by atoms with E-state index in [1.54, 1.807) is 6.07 Å². The van der Waals surface area contributed by atoms with Gasteiger partial charge in [-0.25, -0.2) is 4.79 Å². The molecule has 132 valence electrons. The van der Waals surface area contributed by atoms with E-state index in [-0.39, 0.29) is 30.1 Å². The van der Waals surface area contributed by atoms with Crippen molar-refractivity contribution in [3.05, 3.63) is 53.1 Å². The van der Waals surface area contributed by atoms with Crippen molar-refractivity contribution in [2.24, 2.45) is 0 Å². The highest BCUT2D eigenvalue weighted by Crippen LogP contribution is 2.33. The molecule has 0 spiro atoms. The summed E-state index contributed by atoms with van der Waals surface area (Å²) in [5.41, 5.74) is 1.33. The molecule has 6 heteroatoms. The van der Waals surface area contributed by atoms with Gasteiger partial charge in [0.2, 0.25) is 0 Å². The van der Waals surface area contributed by atoms with E-state index in [4.69, 9.17) is 18.9 Å². The Bertz CT molecular complexity index is 736. The number of aryl methyl sites for hydroxylation is 1. The average Bonchev–Trinajstić information content (AvgIpc) is 2.65. The Labute approximate surface area is 146 Å². The number of rotatable bonds is 8. The van der Waals surface area contributed by atoms with Crippen LogP contribution in [0.4, 0.5) is 0 Å². The standard InChI is InChI=1S/C19H20O6/c1-13-4-7-15(8-5-13)24-10-11-25-19(21)17-14(12-20)6-9-16(22-2)18(17)23-3/h4-9,12H,10-11H2,1-3H3. The Morgan fingerprint density at radius 2 is 1.72 bits per heavy atom. The summed E-state index contributed by atoms with van der Waals surface area (Å²) in [4.78, 5) is 23.6. The zero-order valence-electron chi connectivity index (χ0n) is 14.4. The van der Waals surface area contributed by atoms with Gasteiger partial charge in [-0.3, -0.25) is 4.79 Å². The minimum Gasteiger partial charge on any atom is -0.493 e. The molecule has 25 heavy (non-hydrogen) atoms. The highest BCUT2D eigenvalue weighted by molar-refractivity contribution is 6.01. The number of carbonyl (C=O) groups is 2. The molecule has 0 saturated carbocycles. The van der Waals surface area contributed by atoms with Crippen molar-refractivity contribution in [3.63, 3.8) is 0 Å². The van der Waals surface area contributed by atoms with Gasteiger partial charge in [0.05, 0.1) is 14.2 Å². The molecule has 0 aliphatic rings. The van der Waals surface area contributed by atoms with E-state index in [2.05, 4.69) is 0 Å². The van der Waals surface area contributed by atoms with Crippen LogP contribution in [0.2, 0.25) is 0 Å². The van der Waals surface area contributed by atoms with Crippen LogP contribution in [-0.4, -0.2) is 39.7 Å². The smallest absolute Gasteiger partial charge is 0.342 e. The molecule has 0 atom stereocenters. The second kappa shape index (κ2) is 8.73. The molecule has 0 heterocycles. The summed E-state index contributed by atoms with van der Waals surface area (Å²) in [6.07, 6.45) is 0.571. The monoisotopic (exact) mass is 344 g/mol. The number of carbonyl (C=O) groups excluding carboxylic acids is 2. The third-order valence-electron chi connectivity index (χ3n) is 3.52. The second-order valence-electron chi connectivity index (χ2n) is 5.18. The summed E-state index contributed by atoms with van der Waals surface area (Å²) >= 11 is 0. The molecule has 0 aliphatic heterocycles. The number of hydrogen-bond donors (Lipinski definition) is 0. The van der Waals surface area contributed by atoms with Gasteiger partial charge < -0.3 is 18.9 Å². The van der Waals surface area contributed by atoms with Gasteiger partial charge in [-0.2, -0.15) is 0 Å². The topological polar surface area (TPSA) is 71.1 Å². The first-order valence-electron chi connectivity index (χ1n) is 7.67. The first-order valence-corrected chi connectivity index (χ1v) is 7.67. The van der Waals surface area contributed by atoms with Crippen molar-refractivity contribution in [1.82, 2.24) is 0 Å². The fourth-order valence-electron chi connectivity index (χ4n) is 2.25. The van der Waals surface area contributed by atoms with Gasteiger partial charge in [0.25, 0.3) is 0 Å². The van der Waals surface area contributed by atoms with Crippen molar-refractivity contribution in [2.45, 2.75) is 6.92 Å². The van der Waals surface area contributed by atoms with Crippen molar-refractivity contribution >= 4 is 12.3 Å². The van der Waals surface area contributed by atoms with Crippen LogP contribution in [0.3, 0.4) is 0 Å². The van der Waals surface area contributed by atoms with Crippen molar-refractivity contribution < 1.29 is 28.5 Å². The van der Waals surface area contributed by atoms with Crippen LogP contribution in [0.25, 0.3) is 0 Å². The number of methoxy groups -OCH3 is 2. The summed E-state index contributed by atoms with van der Waals surface area (Å²) in [6, 6.07) is 10.6. The number of esters is 1.